The Labute approximate surface area is 221 Å². The molecule has 3 aromatic carbocycles. The molecule has 1 amide bonds. The van der Waals surface area contributed by atoms with E-state index in [1.165, 1.54) is 36.5 Å². The topological polar surface area (TPSA) is 129 Å². The fourth-order valence-electron chi connectivity index (χ4n) is 3.27. The van der Waals surface area contributed by atoms with Crippen molar-refractivity contribution in [3.8, 4) is 17.2 Å². The molecule has 37 heavy (non-hydrogen) atoms. The number of rotatable bonds is 10. The van der Waals surface area contributed by atoms with Gasteiger partial charge in [-0.05, 0) is 89.8 Å². The second kappa shape index (κ2) is 12.6. The minimum Gasteiger partial charge on any atom is -0.490 e. The van der Waals surface area contributed by atoms with E-state index >= 15 is 0 Å². The molecule has 0 saturated heterocycles. The Hall–Kier alpha value is -4.25. The molecule has 0 unspecified atom stereocenters. The molecule has 0 heterocycles. The highest BCUT2D eigenvalue weighted by atomic mass is 79.9. The minimum atomic E-state index is -0.694. The number of hydrazone groups is 1. The molecule has 0 aromatic heterocycles. The molecule has 1 N–H and O–H groups in total. The maximum atomic E-state index is 12.5. The van der Waals surface area contributed by atoms with Crippen LogP contribution in [-0.2, 0) is 4.79 Å². The van der Waals surface area contributed by atoms with Gasteiger partial charge in [0.15, 0.2) is 18.1 Å². The smallest absolute Gasteiger partial charge is 0.343 e. The highest BCUT2D eigenvalue weighted by Crippen LogP contribution is 2.30. The van der Waals surface area contributed by atoms with E-state index in [1.54, 1.807) is 19.1 Å². The van der Waals surface area contributed by atoms with E-state index in [1.807, 2.05) is 26.0 Å². The van der Waals surface area contributed by atoms with Gasteiger partial charge in [-0.1, -0.05) is 6.07 Å². The van der Waals surface area contributed by atoms with E-state index in [4.69, 9.17) is 14.2 Å². The molecular formula is C26H24BrN3O7. The van der Waals surface area contributed by atoms with Gasteiger partial charge in [0.2, 0.25) is 0 Å². The number of nitrogens with zero attached hydrogens (tertiary/aromatic N) is 2. The lowest BCUT2D eigenvalue weighted by Gasteiger charge is -2.12. The largest absolute Gasteiger partial charge is 0.490 e. The molecule has 0 bridgehead atoms. The summed E-state index contributed by atoms with van der Waals surface area (Å²) in [6.07, 6.45) is 1.41. The number of hydrogen-bond donors (Lipinski definition) is 1. The van der Waals surface area contributed by atoms with Gasteiger partial charge < -0.3 is 14.2 Å². The van der Waals surface area contributed by atoms with E-state index in [2.05, 4.69) is 26.5 Å². The standard InChI is InChI=1S/C26H24BrN3O7/c1-4-35-23-13-18(5-10-22(23)37-26(32)19-6-8-20(9-7-19)30(33)34)14-28-29-24(31)15-36-25-17(3)11-16(2)12-21(25)27/h5-14H,4,15H2,1-3H3,(H,29,31). The maximum Gasteiger partial charge on any atom is 0.343 e. The van der Waals surface area contributed by atoms with Gasteiger partial charge in [0, 0.05) is 12.1 Å². The minimum absolute atomic E-state index is 0.132. The summed E-state index contributed by atoms with van der Waals surface area (Å²) in [5, 5.41) is 14.7. The van der Waals surface area contributed by atoms with E-state index < -0.39 is 16.8 Å². The van der Waals surface area contributed by atoms with Gasteiger partial charge in [-0.15, -0.1) is 0 Å². The first-order chi connectivity index (χ1) is 17.7. The molecule has 11 heteroatoms. The normalized spacial score (nSPS) is 10.7. The quantitative estimate of drug-likeness (QED) is 0.118. The molecule has 0 aliphatic heterocycles. The molecule has 0 aliphatic rings. The monoisotopic (exact) mass is 569 g/mol. The van der Waals surface area contributed by atoms with Crippen molar-refractivity contribution < 1.29 is 28.7 Å². The van der Waals surface area contributed by atoms with Crippen molar-refractivity contribution in [3.05, 3.63) is 91.4 Å². The van der Waals surface area contributed by atoms with Crippen molar-refractivity contribution >= 4 is 39.7 Å². The number of benzene rings is 3. The average molecular weight is 570 g/mol. The first-order valence-electron chi connectivity index (χ1n) is 11.1. The van der Waals surface area contributed by atoms with Crippen molar-refractivity contribution in [2.24, 2.45) is 5.10 Å². The highest BCUT2D eigenvalue weighted by molar-refractivity contribution is 9.10. The SMILES string of the molecule is CCOc1cc(C=NNC(=O)COc2c(C)cc(C)cc2Br)ccc1OC(=O)c1ccc([N+](=O)[O-])cc1. The van der Waals surface area contributed by atoms with Gasteiger partial charge in [-0.25, -0.2) is 10.2 Å². The molecule has 0 radical (unpaired) electrons. The molecule has 0 spiro atoms. The van der Waals surface area contributed by atoms with Crippen molar-refractivity contribution in [1.82, 2.24) is 5.43 Å². The van der Waals surface area contributed by atoms with Crippen molar-refractivity contribution in [1.29, 1.82) is 0 Å². The van der Waals surface area contributed by atoms with Crippen LogP contribution in [0.2, 0.25) is 0 Å². The zero-order chi connectivity index (χ0) is 26.9. The van der Waals surface area contributed by atoms with Gasteiger partial charge >= 0.3 is 5.97 Å². The van der Waals surface area contributed by atoms with Crippen LogP contribution in [0.15, 0.2) is 64.2 Å². The summed E-state index contributed by atoms with van der Waals surface area (Å²) >= 11 is 3.44. The van der Waals surface area contributed by atoms with Gasteiger partial charge in [-0.2, -0.15) is 5.10 Å². The number of non-ortho nitro benzene ring substituents is 1. The van der Waals surface area contributed by atoms with E-state index in [9.17, 15) is 19.7 Å². The molecular weight excluding hydrogens is 546 g/mol. The molecule has 0 fully saturated rings. The number of amides is 1. The number of carbonyl (C=O) groups excluding carboxylic acids is 2. The summed E-state index contributed by atoms with van der Waals surface area (Å²) < 4.78 is 17.4. The molecule has 192 valence electrons. The van der Waals surface area contributed by atoms with Crippen LogP contribution in [0.3, 0.4) is 0 Å². The number of carbonyl (C=O) groups is 2. The Morgan fingerprint density at radius 3 is 2.43 bits per heavy atom. The van der Waals surface area contributed by atoms with Crippen molar-refractivity contribution in [2.45, 2.75) is 20.8 Å². The third-order valence-electron chi connectivity index (χ3n) is 4.91. The Morgan fingerprint density at radius 2 is 1.78 bits per heavy atom. The first-order valence-corrected chi connectivity index (χ1v) is 11.9. The molecule has 10 nitrogen and oxygen atoms in total. The third kappa shape index (κ3) is 7.61. The third-order valence-corrected chi connectivity index (χ3v) is 5.50. The molecule has 3 rings (SSSR count). The number of nitrogens with one attached hydrogen (secondary N) is 1. The average Bonchev–Trinajstić information content (AvgIpc) is 2.85. The van der Waals surface area contributed by atoms with Gasteiger partial charge in [0.1, 0.15) is 5.75 Å². The zero-order valence-corrected chi connectivity index (χ0v) is 21.9. The summed E-state index contributed by atoms with van der Waals surface area (Å²) in [5.74, 6) is -0.0957. The molecule has 0 atom stereocenters. The second-order valence-electron chi connectivity index (χ2n) is 7.81. The summed E-state index contributed by atoms with van der Waals surface area (Å²) in [5.41, 5.74) is 4.97. The predicted octanol–water partition coefficient (Wildman–Crippen LogP) is 5.12. The van der Waals surface area contributed by atoms with Crippen LogP contribution in [0.25, 0.3) is 0 Å². The number of ether oxygens (including phenoxy) is 3. The van der Waals surface area contributed by atoms with Crippen LogP contribution < -0.4 is 19.6 Å². The summed E-state index contributed by atoms with van der Waals surface area (Å²) in [7, 11) is 0. The Kier molecular flexibility index (Phi) is 9.33. The number of esters is 1. The van der Waals surface area contributed by atoms with Crippen LogP contribution in [0.4, 0.5) is 5.69 Å². The van der Waals surface area contributed by atoms with Crippen LogP contribution in [0, 0.1) is 24.0 Å². The Bertz CT molecular complexity index is 1320. The van der Waals surface area contributed by atoms with Crippen LogP contribution in [0.5, 0.6) is 17.2 Å². The van der Waals surface area contributed by atoms with Crippen LogP contribution in [0.1, 0.15) is 34.0 Å². The van der Waals surface area contributed by atoms with Crippen molar-refractivity contribution in [2.75, 3.05) is 13.2 Å². The summed E-state index contributed by atoms with van der Waals surface area (Å²) in [6, 6.07) is 13.7. The van der Waals surface area contributed by atoms with E-state index in [0.29, 0.717) is 17.9 Å². The lowest BCUT2D eigenvalue weighted by atomic mass is 10.1. The fourth-order valence-corrected chi connectivity index (χ4v) is 4.06. The fraction of sp³-hybridized carbons (Fsp3) is 0.192. The predicted molar refractivity (Wildman–Crippen MR) is 141 cm³/mol. The lowest BCUT2D eigenvalue weighted by molar-refractivity contribution is -0.384. The number of nitro benzene ring substituents is 1. The lowest BCUT2D eigenvalue weighted by Crippen LogP contribution is -2.24. The van der Waals surface area contributed by atoms with Crippen LogP contribution >= 0.6 is 15.9 Å². The van der Waals surface area contributed by atoms with Gasteiger partial charge in [0.05, 0.1) is 27.8 Å². The zero-order valence-electron chi connectivity index (χ0n) is 20.3. The maximum absolute atomic E-state index is 12.5. The van der Waals surface area contributed by atoms with Gasteiger partial charge in [0.25, 0.3) is 11.6 Å². The highest BCUT2D eigenvalue weighted by Gasteiger charge is 2.15. The molecule has 0 aliphatic carbocycles. The van der Waals surface area contributed by atoms with E-state index in [0.717, 1.165) is 15.6 Å². The van der Waals surface area contributed by atoms with Crippen molar-refractivity contribution in [3.63, 3.8) is 0 Å². The molecule has 3 aromatic rings. The number of hydrogen-bond acceptors (Lipinski definition) is 8. The number of halogens is 1. The summed E-state index contributed by atoms with van der Waals surface area (Å²) in [4.78, 5) is 34.9. The van der Waals surface area contributed by atoms with E-state index in [-0.39, 0.29) is 29.4 Å². The van der Waals surface area contributed by atoms with Crippen LogP contribution in [-0.4, -0.2) is 36.2 Å². The first kappa shape index (κ1) is 27.3. The molecule has 0 saturated carbocycles. The number of aryl methyl sites for hydroxylation is 2. The second-order valence-corrected chi connectivity index (χ2v) is 8.66. The van der Waals surface area contributed by atoms with Gasteiger partial charge in [-0.3, -0.25) is 14.9 Å². The Morgan fingerprint density at radius 1 is 1.05 bits per heavy atom. The Balaban J connectivity index is 1.61. The summed E-state index contributed by atoms with van der Waals surface area (Å²) in [6.45, 7) is 5.73. The number of nitro groups is 1.